The first-order valence-corrected chi connectivity index (χ1v) is 9.83. The van der Waals surface area contributed by atoms with Gasteiger partial charge in [-0.25, -0.2) is 0 Å². The first kappa shape index (κ1) is 23.6. The van der Waals surface area contributed by atoms with Crippen LogP contribution in [0.4, 0.5) is 0 Å². The van der Waals surface area contributed by atoms with Crippen LogP contribution in [0.3, 0.4) is 0 Å². The Kier molecular flexibility index (Phi) is 12.5. The molecule has 142 valence electrons. The van der Waals surface area contributed by atoms with Gasteiger partial charge < -0.3 is 4.57 Å². The lowest BCUT2D eigenvalue weighted by molar-refractivity contribution is 0.610. The summed E-state index contributed by atoms with van der Waals surface area (Å²) in [4.78, 5) is 0. The van der Waals surface area contributed by atoms with E-state index in [9.17, 15) is 0 Å². The van der Waals surface area contributed by atoms with E-state index in [-0.39, 0.29) is 0 Å². The first-order chi connectivity index (χ1) is 12.8. The molecule has 0 aliphatic heterocycles. The zero-order valence-electron chi connectivity index (χ0n) is 17.7. The summed E-state index contributed by atoms with van der Waals surface area (Å²) in [5, 5.41) is 8.79. The fourth-order valence-corrected chi connectivity index (χ4v) is 2.35. The Balaban J connectivity index is 0.000000948. The predicted molar refractivity (Wildman–Crippen MR) is 115 cm³/mol. The lowest BCUT2D eigenvalue weighted by atomic mass is 10.1. The van der Waals surface area contributed by atoms with Gasteiger partial charge in [-0.05, 0) is 13.8 Å². The minimum atomic E-state index is 0.301. The van der Waals surface area contributed by atoms with Crippen molar-refractivity contribution >= 4 is 0 Å². The SMILES string of the molecule is CC.CC.CC.CC(C)n1c(-c2ccccc2)nnc1-c1ccccc1. The fourth-order valence-electron chi connectivity index (χ4n) is 2.35. The molecule has 0 unspecified atom stereocenters. The Morgan fingerprint density at radius 2 is 0.885 bits per heavy atom. The van der Waals surface area contributed by atoms with E-state index >= 15 is 0 Å². The Morgan fingerprint density at radius 1 is 0.577 bits per heavy atom. The van der Waals surface area contributed by atoms with Gasteiger partial charge in [-0.2, -0.15) is 0 Å². The highest BCUT2D eigenvalue weighted by Gasteiger charge is 2.16. The summed E-state index contributed by atoms with van der Waals surface area (Å²) in [5.74, 6) is 1.83. The van der Waals surface area contributed by atoms with Crippen LogP contribution in [0.15, 0.2) is 60.7 Å². The highest BCUT2D eigenvalue weighted by Crippen LogP contribution is 2.27. The van der Waals surface area contributed by atoms with Crippen molar-refractivity contribution in [2.75, 3.05) is 0 Å². The Bertz CT molecular complexity index is 629. The molecule has 0 saturated carbocycles. The van der Waals surface area contributed by atoms with Crippen LogP contribution < -0.4 is 0 Å². The molecule has 0 fully saturated rings. The van der Waals surface area contributed by atoms with Gasteiger partial charge in [0, 0.05) is 17.2 Å². The summed E-state index contributed by atoms with van der Waals surface area (Å²) in [5.41, 5.74) is 2.19. The number of rotatable bonds is 3. The normalized spacial score (nSPS) is 9.12. The molecule has 2 aromatic carbocycles. The topological polar surface area (TPSA) is 30.7 Å². The Hall–Kier alpha value is -2.42. The highest BCUT2D eigenvalue weighted by atomic mass is 15.3. The molecular weight excluding hydrogens is 318 g/mol. The van der Waals surface area contributed by atoms with Crippen molar-refractivity contribution in [3.8, 4) is 22.8 Å². The number of hydrogen-bond acceptors (Lipinski definition) is 2. The lowest BCUT2D eigenvalue weighted by Crippen LogP contribution is -2.05. The van der Waals surface area contributed by atoms with Crippen molar-refractivity contribution in [1.82, 2.24) is 14.8 Å². The van der Waals surface area contributed by atoms with Gasteiger partial charge in [-0.1, -0.05) is 102 Å². The van der Waals surface area contributed by atoms with Crippen LogP contribution in [0.5, 0.6) is 0 Å². The summed E-state index contributed by atoms with van der Waals surface area (Å²) in [7, 11) is 0. The number of hydrogen-bond donors (Lipinski definition) is 0. The van der Waals surface area contributed by atoms with Crippen LogP contribution in [-0.2, 0) is 0 Å². The van der Waals surface area contributed by atoms with Gasteiger partial charge in [0.05, 0.1) is 0 Å². The number of aromatic nitrogens is 3. The van der Waals surface area contributed by atoms with Crippen LogP contribution in [0.1, 0.15) is 61.4 Å². The van der Waals surface area contributed by atoms with Crippen LogP contribution in [-0.4, -0.2) is 14.8 Å². The van der Waals surface area contributed by atoms with Gasteiger partial charge in [0.2, 0.25) is 0 Å². The standard InChI is InChI=1S/C17H17N3.3C2H6/c1-13(2)20-16(14-9-5-3-6-10-14)18-19-17(20)15-11-7-4-8-12-15;3*1-2/h3-13H,1-2H3;3*1-2H3. The summed E-state index contributed by atoms with van der Waals surface area (Å²) < 4.78 is 2.19. The summed E-state index contributed by atoms with van der Waals surface area (Å²) in [6, 6.07) is 20.7. The van der Waals surface area contributed by atoms with Crippen LogP contribution in [0.25, 0.3) is 22.8 Å². The van der Waals surface area contributed by atoms with Crippen LogP contribution in [0.2, 0.25) is 0 Å². The van der Waals surface area contributed by atoms with E-state index in [0.29, 0.717) is 6.04 Å². The average Bonchev–Trinajstić information content (AvgIpc) is 3.19. The minimum absolute atomic E-state index is 0.301. The second-order valence-electron chi connectivity index (χ2n) is 5.04. The first-order valence-electron chi connectivity index (χ1n) is 9.83. The Morgan fingerprint density at radius 3 is 1.15 bits per heavy atom. The lowest BCUT2D eigenvalue weighted by Gasteiger charge is -2.14. The zero-order chi connectivity index (χ0) is 19.9. The van der Waals surface area contributed by atoms with E-state index in [1.807, 2.05) is 77.9 Å². The maximum Gasteiger partial charge on any atom is 0.164 e. The van der Waals surface area contributed by atoms with Crippen LogP contribution >= 0.6 is 0 Å². The molecule has 0 atom stereocenters. The third-order valence-electron chi connectivity index (χ3n) is 3.28. The molecule has 3 aromatic rings. The second-order valence-corrected chi connectivity index (χ2v) is 5.04. The molecule has 0 bridgehead atoms. The average molecular weight is 354 g/mol. The highest BCUT2D eigenvalue weighted by molar-refractivity contribution is 5.62. The van der Waals surface area contributed by atoms with Crippen molar-refractivity contribution in [2.45, 2.75) is 61.4 Å². The zero-order valence-corrected chi connectivity index (χ0v) is 17.7. The quantitative estimate of drug-likeness (QED) is 0.495. The molecule has 3 nitrogen and oxygen atoms in total. The van der Waals surface area contributed by atoms with Crippen molar-refractivity contribution in [1.29, 1.82) is 0 Å². The van der Waals surface area contributed by atoms with Gasteiger partial charge in [0.1, 0.15) is 0 Å². The van der Waals surface area contributed by atoms with Crippen molar-refractivity contribution in [3.05, 3.63) is 60.7 Å². The monoisotopic (exact) mass is 353 g/mol. The third kappa shape index (κ3) is 6.14. The molecular formula is C23H35N3. The van der Waals surface area contributed by atoms with Gasteiger partial charge in [-0.15, -0.1) is 10.2 Å². The van der Waals surface area contributed by atoms with Crippen LogP contribution in [0, 0.1) is 0 Å². The second kappa shape index (κ2) is 13.8. The molecule has 0 N–H and O–H groups in total. The molecule has 0 spiro atoms. The van der Waals surface area contributed by atoms with Crippen molar-refractivity contribution < 1.29 is 0 Å². The Labute approximate surface area is 160 Å². The molecule has 26 heavy (non-hydrogen) atoms. The van der Waals surface area contributed by atoms with Gasteiger partial charge in [0.25, 0.3) is 0 Å². The fraction of sp³-hybridized carbons (Fsp3) is 0.391. The van der Waals surface area contributed by atoms with E-state index < -0.39 is 0 Å². The van der Waals surface area contributed by atoms with Crippen molar-refractivity contribution in [2.24, 2.45) is 0 Å². The summed E-state index contributed by atoms with van der Waals surface area (Å²) >= 11 is 0. The van der Waals surface area contributed by atoms with Gasteiger partial charge >= 0.3 is 0 Å². The minimum Gasteiger partial charge on any atom is -0.304 e. The largest absolute Gasteiger partial charge is 0.304 e. The van der Waals surface area contributed by atoms with E-state index in [1.165, 1.54) is 0 Å². The van der Waals surface area contributed by atoms with Crippen molar-refractivity contribution in [3.63, 3.8) is 0 Å². The smallest absolute Gasteiger partial charge is 0.164 e. The molecule has 0 aliphatic rings. The predicted octanol–water partition coefficient (Wildman–Crippen LogP) is 7.27. The van der Waals surface area contributed by atoms with Gasteiger partial charge in [0.15, 0.2) is 11.6 Å². The summed E-state index contributed by atoms with van der Waals surface area (Å²) in [6.45, 7) is 16.3. The number of benzene rings is 2. The maximum atomic E-state index is 4.40. The maximum absolute atomic E-state index is 4.40. The van der Waals surface area contributed by atoms with E-state index in [1.54, 1.807) is 0 Å². The molecule has 1 heterocycles. The molecule has 0 radical (unpaired) electrons. The molecule has 3 rings (SSSR count). The molecule has 0 aliphatic carbocycles. The van der Waals surface area contributed by atoms with E-state index in [2.05, 4.69) is 52.9 Å². The van der Waals surface area contributed by atoms with Gasteiger partial charge in [-0.3, -0.25) is 0 Å². The number of nitrogens with zero attached hydrogens (tertiary/aromatic N) is 3. The molecule has 0 saturated heterocycles. The molecule has 3 heteroatoms. The van der Waals surface area contributed by atoms with E-state index in [4.69, 9.17) is 0 Å². The molecule has 0 amide bonds. The van der Waals surface area contributed by atoms with E-state index in [0.717, 1.165) is 22.8 Å². The third-order valence-corrected chi connectivity index (χ3v) is 3.28. The summed E-state index contributed by atoms with van der Waals surface area (Å²) in [6.07, 6.45) is 0. The molecule has 1 aromatic heterocycles.